The van der Waals surface area contributed by atoms with Gasteiger partial charge in [-0.15, -0.1) is 0 Å². The highest BCUT2D eigenvalue weighted by Crippen LogP contribution is 2.29. The molecule has 5 nitrogen and oxygen atoms in total. The lowest BCUT2D eigenvalue weighted by atomic mass is 10.1. The van der Waals surface area contributed by atoms with Crippen LogP contribution in [0.3, 0.4) is 0 Å². The monoisotopic (exact) mass is 429 g/mol. The Morgan fingerprint density at radius 3 is 2.30 bits per heavy atom. The van der Waals surface area contributed by atoms with E-state index in [1.165, 1.54) is 5.56 Å². The molecule has 0 aliphatic heterocycles. The summed E-state index contributed by atoms with van der Waals surface area (Å²) in [6, 6.07) is 32.1. The second-order valence-corrected chi connectivity index (χ2v) is 8.06. The minimum atomic E-state index is -0.153. The molecule has 6 rings (SSSR count). The quantitative estimate of drug-likeness (QED) is 0.408. The van der Waals surface area contributed by atoms with Crippen molar-refractivity contribution in [3.63, 3.8) is 0 Å². The summed E-state index contributed by atoms with van der Waals surface area (Å²) in [5, 5.41) is 0. The normalized spacial score (nSPS) is 11.3. The summed E-state index contributed by atoms with van der Waals surface area (Å²) >= 11 is 0. The molecule has 33 heavy (non-hydrogen) atoms. The number of imidazole rings is 1. The number of hydrogen-bond donors (Lipinski definition) is 1. The fourth-order valence-electron chi connectivity index (χ4n) is 4.36. The van der Waals surface area contributed by atoms with Gasteiger partial charge in [0.25, 0.3) is 5.56 Å². The first-order chi connectivity index (χ1) is 16.3. The predicted molar refractivity (Wildman–Crippen MR) is 130 cm³/mol. The van der Waals surface area contributed by atoms with Crippen LogP contribution in [0.4, 0.5) is 0 Å². The Labute approximate surface area is 190 Å². The van der Waals surface area contributed by atoms with Crippen LogP contribution in [0.5, 0.6) is 0 Å². The predicted octanol–water partition coefficient (Wildman–Crippen LogP) is 4.85. The van der Waals surface area contributed by atoms with Gasteiger partial charge < -0.3 is 4.98 Å². The van der Waals surface area contributed by atoms with Crippen molar-refractivity contribution in [3.8, 4) is 22.6 Å². The zero-order valence-electron chi connectivity index (χ0n) is 17.8. The van der Waals surface area contributed by atoms with Crippen molar-refractivity contribution in [1.29, 1.82) is 0 Å². The van der Waals surface area contributed by atoms with Crippen molar-refractivity contribution in [1.82, 2.24) is 14.4 Å². The second-order valence-electron chi connectivity index (χ2n) is 8.06. The topological polar surface area (TPSA) is 54.0 Å². The van der Waals surface area contributed by atoms with Crippen LogP contribution in [0, 0.1) is 0 Å². The van der Waals surface area contributed by atoms with Gasteiger partial charge in [-0.25, -0.2) is 9.55 Å². The molecule has 6 aromatic rings. The first kappa shape index (κ1) is 19.2. The minimum Gasteiger partial charge on any atom is -0.319 e. The number of aromatic nitrogens is 4. The molecule has 0 bridgehead atoms. The van der Waals surface area contributed by atoms with Gasteiger partial charge in [0.2, 0.25) is 0 Å². The maximum absolute atomic E-state index is 13.2. The first-order valence-corrected chi connectivity index (χ1v) is 10.9. The molecule has 3 aromatic heterocycles. The highest BCUT2D eigenvalue weighted by molar-refractivity contribution is 5.88. The van der Waals surface area contributed by atoms with E-state index in [-0.39, 0.29) is 5.56 Å². The third kappa shape index (κ3) is 3.40. The Morgan fingerprint density at radius 2 is 1.48 bits per heavy atom. The zero-order chi connectivity index (χ0) is 22.2. The molecule has 0 saturated heterocycles. The smallest absolute Gasteiger partial charge is 0.275 e. The van der Waals surface area contributed by atoms with Gasteiger partial charge in [-0.1, -0.05) is 72.8 Å². The van der Waals surface area contributed by atoms with E-state index in [0.29, 0.717) is 11.2 Å². The van der Waals surface area contributed by atoms with Gasteiger partial charge in [-0.2, -0.15) is 0 Å². The summed E-state index contributed by atoms with van der Waals surface area (Å²) in [7, 11) is 0. The number of fused-ring (bicyclic) bond motifs is 3. The summed E-state index contributed by atoms with van der Waals surface area (Å²) in [4.78, 5) is 21.3. The van der Waals surface area contributed by atoms with Crippen LogP contribution < -0.4 is 10.1 Å². The van der Waals surface area contributed by atoms with Crippen LogP contribution in [0.1, 0.15) is 5.56 Å². The number of aromatic amines is 1. The average Bonchev–Trinajstić information content (AvgIpc) is 3.27. The van der Waals surface area contributed by atoms with E-state index in [4.69, 9.17) is 4.98 Å². The molecule has 0 amide bonds. The molecule has 5 heteroatoms. The highest BCUT2D eigenvalue weighted by Gasteiger charge is 2.21. The second kappa shape index (κ2) is 7.88. The number of benzene rings is 3. The molecule has 0 spiro atoms. The SMILES string of the molecule is O=c1[nH]c2ccccc2n2c(-c3ccc[n+](Cc4ccccc4)c3)nc(-c3ccccc3)c12. The van der Waals surface area contributed by atoms with E-state index in [2.05, 4.69) is 34.1 Å². The number of H-pyrrole nitrogens is 1. The van der Waals surface area contributed by atoms with Gasteiger partial charge >= 0.3 is 0 Å². The first-order valence-electron chi connectivity index (χ1n) is 10.9. The molecule has 0 aliphatic rings. The van der Waals surface area contributed by atoms with Crippen LogP contribution >= 0.6 is 0 Å². The third-order valence-electron chi connectivity index (χ3n) is 5.86. The van der Waals surface area contributed by atoms with E-state index in [1.54, 1.807) is 0 Å². The number of hydrogen-bond acceptors (Lipinski definition) is 2. The Bertz CT molecular complexity index is 1650. The lowest BCUT2D eigenvalue weighted by Crippen LogP contribution is -2.33. The van der Waals surface area contributed by atoms with Gasteiger partial charge in [0.05, 0.1) is 16.6 Å². The molecule has 0 radical (unpaired) electrons. The molecule has 3 heterocycles. The molecular weight excluding hydrogens is 408 g/mol. The molecule has 0 unspecified atom stereocenters. The fourth-order valence-corrected chi connectivity index (χ4v) is 4.36. The molecule has 3 aromatic carbocycles. The fraction of sp³-hybridized carbons (Fsp3) is 0.0357. The molecular formula is C28H21N4O+. The van der Waals surface area contributed by atoms with Gasteiger partial charge in [0, 0.05) is 17.2 Å². The summed E-state index contributed by atoms with van der Waals surface area (Å²) in [5.41, 5.74) is 5.84. The lowest BCUT2D eigenvalue weighted by Gasteiger charge is -2.06. The summed E-state index contributed by atoms with van der Waals surface area (Å²) in [5.74, 6) is 0.744. The largest absolute Gasteiger partial charge is 0.319 e. The highest BCUT2D eigenvalue weighted by atomic mass is 16.1. The van der Waals surface area contributed by atoms with Gasteiger partial charge in [-0.05, 0) is 18.2 Å². The summed E-state index contributed by atoms with van der Waals surface area (Å²) < 4.78 is 4.13. The molecule has 158 valence electrons. The molecule has 0 fully saturated rings. The number of pyridine rings is 1. The maximum atomic E-state index is 13.2. The Balaban J connectivity index is 1.62. The van der Waals surface area contributed by atoms with Crippen molar-refractivity contribution in [2.24, 2.45) is 0 Å². The molecule has 0 saturated carbocycles. The van der Waals surface area contributed by atoms with Crippen LogP contribution in [0.15, 0.2) is 114 Å². The lowest BCUT2D eigenvalue weighted by molar-refractivity contribution is -0.687. The van der Waals surface area contributed by atoms with Gasteiger partial charge in [0.1, 0.15) is 11.2 Å². The van der Waals surface area contributed by atoms with Crippen molar-refractivity contribution in [2.75, 3.05) is 0 Å². The number of nitrogens with zero attached hydrogens (tertiary/aromatic N) is 3. The molecule has 0 aliphatic carbocycles. The van der Waals surface area contributed by atoms with Gasteiger partial charge in [-0.3, -0.25) is 9.20 Å². The molecule has 0 atom stereocenters. The minimum absolute atomic E-state index is 0.153. The standard InChI is InChI=1S/C28H20N4O/c33-28-26-25(21-12-5-2-6-13-21)30-27(32(26)24-16-8-7-15-23(24)29-28)22-14-9-17-31(19-22)18-20-10-3-1-4-11-20/h1-17,19H,18H2/p+1. The van der Waals surface area contributed by atoms with Crippen molar-refractivity contribution >= 4 is 16.6 Å². The summed E-state index contributed by atoms with van der Waals surface area (Å²) in [6.07, 6.45) is 4.14. The van der Waals surface area contributed by atoms with Crippen LogP contribution in [-0.2, 0) is 6.54 Å². The molecule has 1 N–H and O–H groups in total. The van der Waals surface area contributed by atoms with E-state index < -0.39 is 0 Å². The zero-order valence-corrected chi connectivity index (χ0v) is 17.8. The van der Waals surface area contributed by atoms with Crippen LogP contribution in [0.2, 0.25) is 0 Å². The van der Waals surface area contributed by atoms with Crippen LogP contribution in [-0.4, -0.2) is 14.4 Å². The van der Waals surface area contributed by atoms with Gasteiger partial charge in [0.15, 0.2) is 24.8 Å². The van der Waals surface area contributed by atoms with E-state index in [1.807, 2.05) is 89.3 Å². The Morgan fingerprint density at radius 1 is 0.788 bits per heavy atom. The van der Waals surface area contributed by atoms with Crippen molar-refractivity contribution in [3.05, 3.63) is 125 Å². The number of nitrogens with one attached hydrogen (secondary N) is 1. The van der Waals surface area contributed by atoms with E-state index >= 15 is 0 Å². The van der Waals surface area contributed by atoms with E-state index in [0.717, 1.165) is 34.5 Å². The Hall–Kier alpha value is -4.51. The number of rotatable bonds is 4. The van der Waals surface area contributed by atoms with E-state index in [9.17, 15) is 4.79 Å². The maximum Gasteiger partial charge on any atom is 0.275 e. The average molecular weight is 430 g/mol. The number of para-hydroxylation sites is 2. The summed E-state index contributed by atoms with van der Waals surface area (Å²) in [6.45, 7) is 0.755. The van der Waals surface area contributed by atoms with Crippen molar-refractivity contribution < 1.29 is 4.57 Å². The van der Waals surface area contributed by atoms with Crippen molar-refractivity contribution in [2.45, 2.75) is 6.54 Å². The Kier molecular flexibility index (Phi) is 4.58. The third-order valence-corrected chi connectivity index (χ3v) is 5.86. The van der Waals surface area contributed by atoms with Crippen LogP contribution in [0.25, 0.3) is 39.2 Å².